The molecule has 0 saturated heterocycles. The van der Waals surface area contributed by atoms with E-state index in [-0.39, 0.29) is 11.4 Å². The van der Waals surface area contributed by atoms with Crippen LogP contribution in [0.2, 0.25) is 0 Å². The van der Waals surface area contributed by atoms with Crippen LogP contribution >= 0.6 is 0 Å². The molecule has 0 saturated carbocycles. The van der Waals surface area contributed by atoms with Gasteiger partial charge in [-0.2, -0.15) is 0 Å². The molecule has 6 heteroatoms. The van der Waals surface area contributed by atoms with Crippen molar-refractivity contribution in [3.8, 4) is 0 Å². The second-order valence-corrected chi connectivity index (χ2v) is 3.57. The maximum Gasteiger partial charge on any atom is 0.368 e. The number of carbonyl (C=O) groups excluding carboxylic acids is 1. The Labute approximate surface area is 108 Å². The van der Waals surface area contributed by atoms with Crippen molar-refractivity contribution in [1.29, 1.82) is 0 Å². The molecule has 2 N–H and O–H groups in total. The van der Waals surface area contributed by atoms with Crippen LogP contribution in [-0.2, 0) is 4.84 Å². The Morgan fingerprint density at radius 1 is 1.21 bits per heavy atom. The van der Waals surface area contributed by atoms with Gasteiger partial charge in [-0.3, -0.25) is 4.98 Å². The maximum atomic E-state index is 13.3. The zero-order chi connectivity index (χ0) is 13.7. The summed E-state index contributed by atoms with van der Waals surface area (Å²) in [6.07, 6.45) is 3.05. The van der Waals surface area contributed by atoms with Crippen LogP contribution in [0.3, 0.4) is 0 Å². The van der Waals surface area contributed by atoms with Crippen LogP contribution in [0.4, 0.5) is 4.39 Å². The molecule has 1 heterocycles. The van der Waals surface area contributed by atoms with E-state index in [0.717, 1.165) is 6.07 Å². The number of hydrogen-bond acceptors (Lipinski definition) is 4. The molecule has 96 valence electrons. The number of carbonyl (C=O) groups is 1. The number of pyridine rings is 1. The fraction of sp³-hybridized carbons (Fsp3) is 0. The van der Waals surface area contributed by atoms with E-state index >= 15 is 0 Å². The van der Waals surface area contributed by atoms with E-state index in [1.807, 2.05) is 0 Å². The third-order valence-electron chi connectivity index (χ3n) is 2.30. The van der Waals surface area contributed by atoms with Crippen molar-refractivity contribution < 1.29 is 14.0 Å². The molecule has 0 fully saturated rings. The largest absolute Gasteiger partial charge is 0.380 e. The number of amidine groups is 1. The third-order valence-corrected chi connectivity index (χ3v) is 2.30. The van der Waals surface area contributed by atoms with Gasteiger partial charge < -0.3 is 10.6 Å². The summed E-state index contributed by atoms with van der Waals surface area (Å²) >= 11 is 0. The van der Waals surface area contributed by atoms with Gasteiger partial charge in [0.2, 0.25) is 0 Å². The van der Waals surface area contributed by atoms with Crippen LogP contribution in [-0.4, -0.2) is 16.8 Å². The lowest BCUT2D eigenvalue weighted by Gasteiger charge is -2.01. The van der Waals surface area contributed by atoms with Gasteiger partial charge in [-0.1, -0.05) is 17.3 Å². The summed E-state index contributed by atoms with van der Waals surface area (Å²) in [7, 11) is 0. The number of benzene rings is 1. The highest BCUT2D eigenvalue weighted by Gasteiger charge is 2.12. The number of nitrogens with two attached hydrogens (primary N) is 1. The topological polar surface area (TPSA) is 77.6 Å². The van der Waals surface area contributed by atoms with E-state index < -0.39 is 11.8 Å². The molecule has 0 bridgehead atoms. The Morgan fingerprint density at radius 2 is 1.89 bits per heavy atom. The Morgan fingerprint density at radius 3 is 2.58 bits per heavy atom. The molecule has 0 radical (unpaired) electrons. The standard InChI is InChI=1S/C13H10FN3O2/c14-11-4-2-1-3-10(11)13(18)19-17-12(15)9-5-7-16-8-6-9/h1-8H,(H2,15,17). The molecule has 0 spiro atoms. The zero-order valence-corrected chi connectivity index (χ0v) is 9.79. The first kappa shape index (κ1) is 12.7. The van der Waals surface area contributed by atoms with Crippen molar-refractivity contribution in [2.75, 3.05) is 0 Å². The quantitative estimate of drug-likeness (QED) is 0.394. The Balaban J connectivity index is 2.11. The lowest BCUT2D eigenvalue weighted by atomic mass is 10.2. The fourth-order valence-electron chi connectivity index (χ4n) is 1.34. The molecule has 1 aromatic heterocycles. The first-order valence-corrected chi connectivity index (χ1v) is 5.38. The molecule has 19 heavy (non-hydrogen) atoms. The van der Waals surface area contributed by atoms with Gasteiger partial charge in [0.15, 0.2) is 5.84 Å². The van der Waals surface area contributed by atoms with Gasteiger partial charge in [0.1, 0.15) is 5.82 Å². The van der Waals surface area contributed by atoms with E-state index in [1.165, 1.54) is 30.6 Å². The summed E-state index contributed by atoms with van der Waals surface area (Å²) < 4.78 is 13.3. The lowest BCUT2D eigenvalue weighted by molar-refractivity contribution is 0.0510. The van der Waals surface area contributed by atoms with Gasteiger partial charge in [-0.25, -0.2) is 9.18 Å². The number of hydrogen-bond donors (Lipinski definition) is 1. The number of rotatable bonds is 3. The second-order valence-electron chi connectivity index (χ2n) is 3.57. The van der Waals surface area contributed by atoms with Gasteiger partial charge in [0.05, 0.1) is 5.56 Å². The molecule has 2 rings (SSSR count). The van der Waals surface area contributed by atoms with E-state index in [0.29, 0.717) is 5.56 Å². The van der Waals surface area contributed by atoms with Gasteiger partial charge in [-0.05, 0) is 24.3 Å². The van der Waals surface area contributed by atoms with Crippen LogP contribution in [0.5, 0.6) is 0 Å². The van der Waals surface area contributed by atoms with Crippen molar-refractivity contribution in [2.24, 2.45) is 10.9 Å². The highest BCUT2D eigenvalue weighted by molar-refractivity contribution is 5.98. The fourth-order valence-corrected chi connectivity index (χ4v) is 1.34. The summed E-state index contributed by atoms with van der Waals surface area (Å²) in [5.74, 6) is -1.58. The van der Waals surface area contributed by atoms with Crippen molar-refractivity contribution in [3.63, 3.8) is 0 Å². The number of aromatic nitrogens is 1. The predicted molar refractivity (Wildman–Crippen MR) is 66.8 cm³/mol. The summed E-state index contributed by atoms with van der Waals surface area (Å²) in [5, 5.41) is 3.46. The lowest BCUT2D eigenvalue weighted by Crippen LogP contribution is -2.15. The minimum Gasteiger partial charge on any atom is -0.380 e. The Kier molecular flexibility index (Phi) is 3.82. The molecule has 0 aliphatic heterocycles. The number of nitrogens with zero attached hydrogens (tertiary/aromatic N) is 2. The minimum absolute atomic E-state index is 0.00656. The van der Waals surface area contributed by atoms with Crippen LogP contribution < -0.4 is 5.73 Å². The molecule has 2 aromatic rings. The monoisotopic (exact) mass is 259 g/mol. The molecule has 0 unspecified atom stereocenters. The highest BCUT2D eigenvalue weighted by Crippen LogP contribution is 2.08. The van der Waals surface area contributed by atoms with E-state index in [2.05, 4.69) is 15.0 Å². The Hall–Kier alpha value is -2.76. The zero-order valence-electron chi connectivity index (χ0n) is 9.79. The maximum absolute atomic E-state index is 13.3. The average Bonchev–Trinajstić information content (AvgIpc) is 2.46. The van der Waals surface area contributed by atoms with E-state index in [9.17, 15) is 9.18 Å². The summed E-state index contributed by atoms with van der Waals surface area (Å²) in [6, 6.07) is 8.67. The van der Waals surface area contributed by atoms with Gasteiger partial charge in [0, 0.05) is 18.0 Å². The predicted octanol–water partition coefficient (Wildman–Crippen LogP) is 1.70. The van der Waals surface area contributed by atoms with Gasteiger partial charge >= 0.3 is 5.97 Å². The molecule has 1 aromatic carbocycles. The molecule has 5 nitrogen and oxygen atoms in total. The molecule has 0 amide bonds. The smallest absolute Gasteiger partial charge is 0.368 e. The minimum atomic E-state index is -0.907. The molecule has 0 aliphatic carbocycles. The summed E-state index contributed by atoms with van der Waals surface area (Å²) in [5.41, 5.74) is 5.96. The van der Waals surface area contributed by atoms with Crippen LogP contribution in [0, 0.1) is 5.82 Å². The van der Waals surface area contributed by atoms with Gasteiger partial charge in [-0.15, -0.1) is 0 Å². The SMILES string of the molecule is NC(=NOC(=O)c1ccccc1F)c1ccncc1. The normalized spacial score (nSPS) is 11.1. The summed E-state index contributed by atoms with van der Waals surface area (Å²) in [6.45, 7) is 0. The highest BCUT2D eigenvalue weighted by atomic mass is 19.1. The Bertz CT molecular complexity index is 614. The first-order valence-electron chi connectivity index (χ1n) is 5.38. The molecular formula is C13H10FN3O2. The molecule has 0 aliphatic rings. The van der Waals surface area contributed by atoms with Crippen molar-refractivity contribution in [2.45, 2.75) is 0 Å². The average molecular weight is 259 g/mol. The second kappa shape index (κ2) is 5.72. The third kappa shape index (κ3) is 3.12. The van der Waals surface area contributed by atoms with Crippen LogP contribution in [0.1, 0.15) is 15.9 Å². The number of oxime groups is 1. The number of halogens is 1. The van der Waals surface area contributed by atoms with E-state index in [1.54, 1.807) is 12.1 Å². The summed E-state index contributed by atoms with van der Waals surface area (Å²) in [4.78, 5) is 20.0. The van der Waals surface area contributed by atoms with Crippen molar-refractivity contribution in [3.05, 3.63) is 65.7 Å². The molecular weight excluding hydrogens is 249 g/mol. The van der Waals surface area contributed by atoms with Crippen molar-refractivity contribution in [1.82, 2.24) is 4.98 Å². The molecule has 0 atom stereocenters. The van der Waals surface area contributed by atoms with E-state index in [4.69, 9.17) is 5.73 Å². The van der Waals surface area contributed by atoms with Crippen LogP contribution in [0.15, 0.2) is 53.9 Å². The van der Waals surface area contributed by atoms with Gasteiger partial charge in [0.25, 0.3) is 0 Å². The van der Waals surface area contributed by atoms with Crippen molar-refractivity contribution >= 4 is 11.8 Å². The first-order chi connectivity index (χ1) is 9.18. The van der Waals surface area contributed by atoms with Crippen LogP contribution in [0.25, 0.3) is 0 Å².